The van der Waals surface area contributed by atoms with Crippen molar-refractivity contribution >= 4 is 22.5 Å². The Labute approximate surface area is 173 Å². The van der Waals surface area contributed by atoms with Crippen LogP contribution in [0.4, 0.5) is 0 Å². The first-order valence-electron chi connectivity index (χ1n) is 9.77. The summed E-state index contributed by atoms with van der Waals surface area (Å²) >= 11 is 6.50. The van der Waals surface area contributed by atoms with E-state index in [-0.39, 0.29) is 5.92 Å². The van der Waals surface area contributed by atoms with E-state index in [0.29, 0.717) is 11.7 Å². The highest BCUT2D eigenvalue weighted by Crippen LogP contribution is 2.31. The van der Waals surface area contributed by atoms with E-state index < -0.39 is 0 Å². The monoisotopic (exact) mass is 405 g/mol. The third-order valence-electron chi connectivity index (χ3n) is 5.48. The molecule has 1 fully saturated rings. The smallest absolute Gasteiger partial charge is 0.230 e. The van der Waals surface area contributed by atoms with Crippen LogP contribution in [0.3, 0.4) is 0 Å². The van der Waals surface area contributed by atoms with E-state index in [1.807, 2.05) is 42.6 Å². The Morgan fingerprint density at radius 3 is 2.69 bits per heavy atom. The molecule has 0 saturated carbocycles. The highest BCUT2D eigenvalue weighted by molar-refractivity contribution is 6.32. The van der Waals surface area contributed by atoms with Crippen molar-refractivity contribution in [1.29, 1.82) is 0 Å². The van der Waals surface area contributed by atoms with Crippen LogP contribution in [0, 0.1) is 0 Å². The molecule has 146 valence electrons. The van der Waals surface area contributed by atoms with Gasteiger partial charge in [-0.15, -0.1) is 0 Å². The molecule has 1 aromatic carbocycles. The van der Waals surface area contributed by atoms with Crippen molar-refractivity contribution in [1.82, 2.24) is 25.0 Å². The zero-order valence-corrected chi connectivity index (χ0v) is 16.6. The van der Waals surface area contributed by atoms with Crippen LogP contribution in [0.15, 0.2) is 59.4 Å². The molecule has 7 heteroatoms. The number of piperidine rings is 1. The summed E-state index contributed by atoms with van der Waals surface area (Å²) in [5.41, 5.74) is 2.82. The number of nitrogens with zero attached hydrogens (tertiary/aromatic N) is 5. The molecule has 0 spiro atoms. The molecule has 3 aromatic heterocycles. The lowest BCUT2D eigenvalue weighted by atomic mass is 9.96. The van der Waals surface area contributed by atoms with Gasteiger partial charge in [0.15, 0.2) is 0 Å². The van der Waals surface area contributed by atoms with Crippen molar-refractivity contribution in [3.63, 3.8) is 0 Å². The maximum absolute atomic E-state index is 6.50. The first kappa shape index (κ1) is 18.2. The summed E-state index contributed by atoms with van der Waals surface area (Å²) in [6.45, 7) is 2.69. The molecule has 4 heterocycles. The number of benzene rings is 1. The number of halogens is 1. The van der Waals surface area contributed by atoms with Crippen LogP contribution in [0.25, 0.3) is 22.4 Å². The lowest BCUT2D eigenvalue weighted by Gasteiger charge is -2.30. The van der Waals surface area contributed by atoms with Crippen molar-refractivity contribution in [2.24, 2.45) is 0 Å². The predicted molar refractivity (Wildman–Crippen MR) is 112 cm³/mol. The third kappa shape index (κ3) is 3.73. The molecular formula is C22H20ClN5O. The zero-order chi connectivity index (χ0) is 19.6. The molecule has 29 heavy (non-hydrogen) atoms. The van der Waals surface area contributed by atoms with Gasteiger partial charge < -0.3 is 4.52 Å². The number of rotatable bonds is 4. The molecular weight excluding hydrogens is 386 g/mol. The lowest BCUT2D eigenvalue weighted by molar-refractivity contribution is 0.188. The van der Waals surface area contributed by atoms with Gasteiger partial charge in [-0.3, -0.25) is 14.9 Å². The molecule has 0 aliphatic carbocycles. The summed E-state index contributed by atoms with van der Waals surface area (Å²) in [7, 11) is 0. The zero-order valence-electron chi connectivity index (χ0n) is 15.8. The summed E-state index contributed by atoms with van der Waals surface area (Å²) in [5, 5.41) is 6.00. The largest absolute Gasteiger partial charge is 0.339 e. The Hall–Kier alpha value is -2.83. The van der Waals surface area contributed by atoms with Gasteiger partial charge in [-0.25, -0.2) is 0 Å². The number of hydrogen-bond donors (Lipinski definition) is 0. The topological polar surface area (TPSA) is 67.9 Å². The minimum Gasteiger partial charge on any atom is -0.339 e. The second-order valence-electron chi connectivity index (χ2n) is 7.32. The molecule has 0 radical (unpaired) electrons. The van der Waals surface area contributed by atoms with Gasteiger partial charge in [0.25, 0.3) is 0 Å². The van der Waals surface area contributed by atoms with E-state index in [1.54, 1.807) is 6.20 Å². The van der Waals surface area contributed by atoms with E-state index in [9.17, 15) is 0 Å². The van der Waals surface area contributed by atoms with Crippen molar-refractivity contribution < 1.29 is 4.52 Å². The van der Waals surface area contributed by atoms with Crippen LogP contribution < -0.4 is 0 Å². The number of pyridine rings is 2. The summed E-state index contributed by atoms with van der Waals surface area (Å²) < 4.78 is 5.54. The molecule has 6 nitrogen and oxygen atoms in total. The number of likely N-dealkylation sites (tertiary alicyclic amines) is 1. The van der Waals surface area contributed by atoms with E-state index >= 15 is 0 Å². The van der Waals surface area contributed by atoms with Crippen LogP contribution in [0.5, 0.6) is 0 Å². The van der Waals surface area contributed by atoms with Crippen LogP contribution >= 0.6 is 11.6 Å². The summed E-state index contributed by atoms with van der Waals surface area (Å²) in [6.07, 6.45) is 5.50. The molecule has 1 aliphatic heterocycles. The Morgan fingerprint density at radius 1 is 1.00 bits per heavy atom. The number of fused-ring (bicyclic) bond motifs is 1. The molecule has 1 saturated heterocycles. The number of hydrogen-bond acceptors (Lipinski definition) is 6. The molecule has 0 bridgehead atoms. The lowest BCUT2D eigenvalue weighted by Crippen LogP contribution is -2.32. The first-order valence-corrected chi connectivity index (χ1v) is 10.2. The molecule has 4 aromatic rings. The van der Waals surface area contributed by atoms with Gasteiger partial charge in [0.1, 0.15) is 5.69 Å². The maximum atomic E-state index is 6.50. The quantitative estimate of drug-likeness (QED) is 0.489. The Kier molecular flexibility index (Phi) is 4.96. The van der Waals surface area contributed by atoms with Crippen LogP contribution in [0.1, 0.15) is 30.2 Å². The van der Waals surface area contributed by atoms with Gasteiger partial charge in [-0.05, 0) is 50.2 Å². The van der Waals surface area contributed by atoms with Crippen molar-refractivity contribution in [2.45, 2.75) is 25.3 Å². The third-order valence-corrected chi connectivity index (χ3v) is 5.83. The molecule has 0 unspecified atom stereocenters. The molecule has 0 amide bonds. The fraction of sp³-hybridized carbons (Fsp3) is 0.273. The van der Waals surface area contributed by atoms with Gasteiger partial charge in [0, 0.05) is 40.8 Å². The fourth-order valence-electron chi connectivity index (χ4n) is 3.89. The van der Waals surface area contributed by atoms with Gasteiger partial charge in [-0.1, -0.05) is 35.0 Å². The van der Waals surface area contributed by atoms with Gasteiger partial charge >= 0.3 is 0 Å². The Morgan fingerprint density at radius 2 is 1.86 bits per heavy atom. The first-order chi connectivity index (χ1) is 14.3. The highest BCUT2D eigenvalue weighted by Gasteiger charge is 2.26. The summed E-state index contributed by atoms with van der Waals surface area (Å²) in [5.74, 6) is 1.53. The maximum Gasteiger partial charge on any atom is 0.230 e. The fourth-order valence-corrected chi connectivity index (χ4v) is 4.11. The van der Waals surface area contributed by atoms with Crippen molar-refractivity contribution in [2.75, 3.05) is 13.1 Å². The van der Waals surface area contributed by atoms with E-state index in [2.05, 4.69) is 31.1 Å². The summed E-state index contributed by atoms with van der Waals surface area (Å²) in [4.78, 5) is 15.8. The molecule has 0 N–H and O–H groups in total. The standard InChI is InChI=1S/C22H20ClN5O/c23-18-7-6-15-4-3-11-25-20(15)17(18)14-28-12-8-16(9-13-28)22-26-21(27-29-22)19-5-1-2-10-24-19/h1-7,10-11,16H,8-9,12-14H2. The van der Waals surface area contributed by atoms with Crippen molar-refractivity contribution in [3.05, 3.63) is 71.3 Å². The van der Waals surface area contributed by atoms with Gasteiger partial charge in [-0.2, -0.15) is 4.98 Å². The van der Waals surface area contributed by atoms with Gasteiger partial charge in [0.2, 0.25) is 11.7 Å². The minimum absolute atomic E-state index is 0.275. The highest BCUT2D eigenvalue weighted by atomic mass is 35.5. The average molecular weight is 406 g/mol. The second-order valence-corrected chi connectivity index (χ2v) is 7.73. The SMILES string of the molecule is Clc1ccc2cccnc2c1CN1CCC(c2nc(-c3ccccn3)no2)CC1. The molecule has 0 atom stereocenters. The Balaban J connectivity index is 1.27. The van der Waals surface area contributed by atoms with Crippen LogP contribution in [0.2, 0.25) is 5.02 Å². The normalized spacial score (nSPS) is 15.8. The molecule has 5 rings (SSSR count). The number of aromatic nitrogens is 4. The van der Waals surface area contributed by atoms with Crippen LogP contribution in [-0.4, -0.2) is 38.1 Å². The van der Waals surface area contributed by atoms with E-state index in [0.717, 1.165) is 59.7 Å². The van der Waals surface area contributed by atoms with Gasteiger partial charge in [0.05, 0.1) is 5.52 Å². The van der Waals surface area contributed by atoms with Crippen molar-refractivity contribution in [3.8, 4) is 11.5 Å². The average Bonchev–Trinajstić information content (AvgIpc) is 3.27. The molecule has 1 aliphatic rings. The van der Waals surface area contributed by atoms with E-state index in [4.69, 9.17) is 16.1 Å². The minimum atomic E-state index is 0.275. The Bertz CT molecular complexity index is 1120. The summed E-state index contributed by atoms with van der Waals surface area (Å²) in [6, 6.07) is 13.7. The predicted octanol–water partition coefficient (Wildman–Crippen LogP) is 4.71. The second kappa shape index (κ2) is 7.89. The van der Waals surface area contributed by atoms with E-state index in [1.165, 1.54) is 0 Å². The van der Waals surface area contributed by atoms with Crippen LogP contribution in [-0.2, 0) is 6.54 Å².